The molecule has 11 heteroatoms. The fraction of sp³-hybridized carbons (Fsp3) is 0.552. The van der Waals surface area contributed by atoms with Gasteiger partial charge >= 0.3 is 6.09 Å². The maximum Gasteiger partial charge on any atom is 0.407 e. The number of anilines is 1. The first-order valence-corrected chi connectivity index (χ1v) is 15.5. The van der Waals surface area contributed by atoms with Crippen molar-refractivity contribution >= 4 is 21.8 Å². The van der Waals surface area contributed by atoms with Crippen molar-refractivity contribution in [2.45, 2.75) is 80.4 Å². The van der Waals surface area contributed by atoms with Crippen LogP contribution < -0.4 is 11.1 Å². The van der Waals surface area contributed by atoms with Crippen molar-refractivity contribution in [2.75, 3.05) is 25.5 Å². The Morgan fingerprint density at radius 2 is 1.77 bits per heavy atom. The van der Waals surface area contributed by atoms with Crippen molar-refractivity contribution in [3.8, 4) is 0 Å². The Labute approximate surface area is 235 Å². The minimum Gasteiger partial charge on any atom is -0.443 e. The van der Waals surface area contributed by atoms with Crippen molar-refractivity contribution in [3.63, 3.8) is 0 Å². The van der Waals surface area contributed by atoms with Crippen LogP contribution in [-0.2, 0) is 30.7 Å². The average Bonchev–Trinajstić information content (AvgIpc) is 3.58. The lowest BCUT2D eigenvalue weighted by atomic mass is 9.95. The van der Waals surface area contributed by atoms with Gasteiger partial charge < -0.3 is 30.4 Å². The summed E-state index contributed by atoms with van der Waals surface area (Å²) in [6.45, 7) is 0.649. The third kappa shape index (κ3) is 6.77. The maximum absolute atomic E-state index is 13.9. The van der Waals surface area contributed by atoms with Gasteiger partial charge in [-0.3, -0.25) is 0 Å². The first kappa shape index (κ1) is 28.8. The number of nitrogen functional groups attached to an aromatic ring is 1. The summed E-state index contributed by atoms with van der Waals surface area (Å²) in [4.78, 5) is 13.2. The second-order valence-corrected chi connectivity index (χ2v) is 12.8. The zero-order valence-corrected chi connectivity index (χ0v) is 23.4. The highest BCUT2D eigenvalue weighted by Crippen LogP contribution is 2.33. The van der Waals surface area contributed by atoms with E-state index < -0.39 is 34.4 Å². The zero-order valence-electron chi connectivity index (χ0n) is 22.6. The van der Waals surface area contributed by atoms with Crippen molar-refractivity contribution in [1.82, 2.24) is 9.62 Å². The average molecular weight is 574 g/mol. The van der Waals surface area contributed by atoms with Crippen molar-refractivity contribution in [2.24, 2.45) is 5.92 Å². The van der Waals surface area contributed by atoms with Crippen molar-refractivity contribution in [1.29, 1.82) is 0 Å². The quantitative estimate of drug-likeness (QED) is 0.369. The Morgan fingerprint density at radius 3 is 2.50 bits per heavy atom. The van der Waals surface area contributed by atoms with Crippen molar-refractivity contribution < 1.29 is 32.5 Å². The van der Waals surface area contributed by atoms with E-state index in [9.17, 15) is 18.3 Å². The van der Waals surface area contributed by atoms with Gasteiger partial charge in [-0.2, -0.15) is 4.31 Å². The van der Waals surface area contributed by atoms with Crippen LogP contribution in [0.2, 0.25) is 0 Å². The Balaban J connectivity index is 1.35. The van der Waals surface area contributed by atoms with E-state index in [0.29, 0.717) is 31.6 Å². The van der Waals surface area contributed by atoms with Crippen LogP contribution >= 0.6 is 0 Å². The predicted octanol–water partition coefficient (Wildman–Crippen LogP) is 3.05. The lowest BCUT2D eigenvalue weighted by Crippen LogP contribution is -2.53. The van der Waals surface area contributed by atoms with Crippen LogP contribution in [0.5, 0.6) is 0 Å². The molecule has 218 valence electrons. The topological polar surface area (TPSA) is 140 Å². The zero-order chi connectivity index (χ0) is 28.1. The second-order valence-electron chi connectivity index (χ2n) is 10.9. The van der Waals surface area contributed by atoms with Crippen LogP contribution in [0.3, 0.4) is 0 Å². The molecule has 3 aliphatic rings. The summed E-state index contributed by atoms with van der Waals surface area (Å²) in [5.74, 6) is -0.0184. The number of carbonyl (C=O) groups excluding carboxylic acids is 1. The molecule has 3 unspecified atom stereocenters. The number of aliphatic hydroxyl groups is 1. The molecule has 3 fully saturated rings. The molecule has 2 aliphatic heterocycles. The number of nitrogens with one attached hydrogen (secondary N) is 1. The maximum atomic E-state index is 13.9. The van der Waals surface area contributed by atoms with E-state index in [2.05, 4.69) is 5.32 Å². The summed E-state index contributed by atoms with van der Waals surface area (Å²) in [6, 6.07) is 14.5. The Hall–Kier alpha value is -2.70. The number of fused-ring (bicyclic) bond motifs is 1. The van der Waals surface area contributed by atoms with Crippen molar-refractivity contribution in [3.05, 3.63) is 60.2 Å². The molecular formula is C29H39N3O7S. The van der Waals surface area contributed by atoms with E-state index in [1.807, 2.05) is 30.3 Å². The fourth-order valence-corrected chi connectivity index (χ4v) is 7.62. The lowest BCUT2D eigenvalue weighted by molar-refractivity contribution is -0.0907. The Morgan fingerprint density at radius 1 is 1.05 bits per heavy atom. The van der Waals surface area contributed by atoms with Crippen LogP contribution in [-0.4, -0.2) is 74.3 Å². The third-order valence-electron chi connectivity index (χ3n) is 8.15. The largest absolute Gasteiger partial charge is 0.443 e. The van der Waals surface area contributed by atoms with Gasteiger partial charge in [-0.05, 0) is 55.5 Å². The molecule has 1 saturated carbocycles. The molecule has 2 aromatic rings. The SMILES string of the molecule is Nc1ccc(S(=O)(=O)N(C[C@@H](O)[C@H](Cc2ccccc2)NC(=O)OC2COC3OCCC23)C2CCCCC2)cc1. The van der Waals surface area contributed by atoms with E-state index >= 15 is 0 Å². The van der Waals surface area contributed by atoms with E-state index in [0.717, 1.165) is 31.2 Å². The number of rotatable bonds is 10. The highest BCUT2D eigenvalue weighted by molar-refractivity contribution is 7.89. The van der Waals surface area contributed by atoms with E-state index in [4.69, 9.17) is 19.9 Å². The van der Waals surface area contributed by atoms with Gasteiger partial charge in [0.15, 0.2) is 6.29 Å². The summed E-state index contributed by atoms with van der Waals surface area (Å²) in [5, 5.41) is 14.4. The molecule has 4 N–H and O–H groups in total. The highest BCUT2D eigenvalue weighted by atomic mass is 32.2. The number of amides is 1. The second kappa shape index (κ2) is 12.9. The number of benzene rings is 2. The number of nitrogens with two attached hydrogens (primary N) is 1. The number of hydrogen-bond acceptors (Lipinski definition) is 8. The molecule has 2 saturated heterocycles. The fourth-order valence-electron chi connectivity index (χ4n) is 5.92. The summed E-state index contributed by atoms with van der Waals surface area (Å²) < 4.78 is 45.9. The van der Waals surface area contributed by atoms with Gasteiger partial charge in [0.05, 0.1) is 36.2 Å². The first-order valence-electron chi connectivity index (χ1n) is 14.1. The third-order valence-corrected chi connectivity index (χ3v) is 10.1. The van der Waals surface area contributed by atoms with Gasteiger partial charge in [0.1, 0.15) is 6.10 Å². The Bertz CT molecular complexity index is 1220. The Kier molecular flexibility index (Phi) is 9.27. The van der Waals surface area contributed by atoms with E-state index in [1.165, 1.54) is 16.4 Å². The lowest BCUT2D eigenvalue weighted by Gasteiger charge is -2.36. The standard InChI is InChI=1S/C29H39N3O7S/c30-21-11-13-23(14-12-21)40(35,36)32(22-9-5-2-6-10-22)18-26(33)25(17-20-7-3-1-4-8-20)31-29(34)39-27-19-38-28-24(27)15-16-37-28/h1,3-4,7-8,11-14,22,24-28,33H,2,5-6,9-10,15-19,30H2,(H,31,34)/t24?,25-,26+,27?,28?/m0/s1. The number of alkyl carbamates (subject to hydrolysis) is 1. The summed E-state index contributed by atoms with van der Waals surface area (Å²) in [6.07, 6.45) is 2.70. The molecule has 10 nitrogen and oxygen atoms in total. The van der Waals surface area contributed by atoms with Crippen LogP contribution in [0.15, 0.2) is 59.5 Å². The van der Waals surface area contributed by atoms with E-state index in [1.54, 1.807) is 12.1 Å². The van der Waals surface area contributed by atoms with Gasteiger partial charge in [0, 0.05) is 18.3 Å². The molecule has 5 atom stereocenters. The monoisotopic (exact) mass is 573 g/mol. The minimum atomic E-state index is -3.93. The van der Waals surface area contributed by atoms with Gasteiger partial charge in [0.25, 0.3) is 0 Å². The number of carbonyl (C=O) groups is 1. The molecule has 40 heavy (non-hydrogen) atoms. The summed E-state index contributed by atoms with van der Waals surface area (Å²) in [7, 11) is -3.93. The number of hydrogen-bond donors (Lipinski definition) is 3. The van der Waals surface area contributed by atoms with Crippen LogP contribution in [0.1, 0.15) is 44.1 Å². The first-order chi connectivity index (χ1) is 19.3. The van der Waals surface area contributed by atoms with Gasteiger partial charge in [0.2, 0.25) is 10.0 Å². The number of sulfonamides is 1. The van der Waals surface area contributed by atoms with Crippen LogP contribution in [0.4, 0.5) is 10.5 Å². The van der Waals surface area contributed by atoms with Gasteiger partial charge in [-0.25, -0.2) is 13.2 Å². The molecule has 1 amide bonds. The predicted molar refractivity (Wildman–Crippen MR) is 149 cm³/mol. The summed E-state index contributed by atoms with van der Waals surface area (Å²) >= 11 is 0. The van der Waals surface area contributed by atoms with Gasteiger partial charge in [-0.15, -0.1) is 0 Å². The van der Waals surface area contributed by atoms with E-state index in [-0.39, 0.29) is 36.3 Å². The molecule has 0 bridgehead atoms. The van der Waals surface area contributed by atoms with Crippen LogP contribution in [0.25, 0.3) is 0 Å². The number of nitrogens with zero attached hydrogens (tertiary/aromatic N) is 1. The van der Waals surface area contributed by atoms with Gasteiger partial charge in [-0.1, -0.05) is 49.6 Å². The molecule has 5 rings (SSSR count). The normalized spacial score (nSPS) is 24.9. The molecule has 0 radical (unpaired) electrons. The summed E-state index contributed by atoms with van der Waals surface area (Å²) in [5.41, 5.74) is 7.16. The molecule has 2 aromatic carbocycles. The molecule has 2 heterocycles. The highest BCUT2D eigenvalue weighted by Gasteiger charge is 2.44. The molecule has 0 aromatic heterocycles. The minimum absolute atomic E-state index is 0.0184. The smallest absolute Gasteiger partial charge is 0.407 e. The number of aliphatic hydroxyl groups excluding tert-OH is 1. The molecule has 1 aliphatic carbocycles. The molecule has 0 spiro atoms. The number of ether oxygens (including phenoxy) is 3. The van der Waals surface area contributed by atoms with Crippen LogP contribution in [0, 0.1) is 5.92 Å². The molecular weight excluding hydrogens is 534 g/mol.